The van der Waals surface area contributed by atoms with Crippen LogP contribution in [0.5, 0.6) is 0 Å². The van der Waals surface area contributed by atoms with E-state index in [1.807, 2.05) is 26.0 Å². The van der Waals surface area contributed by atoms with Crippen molar-refractivity contribution in [3.63, 3.8) is 0 Å². The van der Waals surface area contributed by atoms with Gasteiger partial charge in [-0.15, -0.1) is 0 Å². The van der Waals surface area contributed by atoms with Crippen LogP contribution < -0.4 is 10.9 Å². The number of aromatic amines is 1. The standard InChI is InChI=1S/C17H16N4O2/c1-3-12-8-14(22)20-17(19-12)21-16(23)15-10(2)4-5-11-9-18-7-6-13(11)15/h4-9H,3H2,1-2H3,(H2,19,20,21,22,23). The first-order valence-electron chi connectivity index (χ1n) is 7.33. The van der Waals surface area contributed by atoms with Gasteiger partial charge >= 0.3 is 0 Å². The van der Waals surface area contributed by atoms with Crippen LogP contribution in [0.1, 0.15) is 28.5 Å². The third kappa shape index (κ3) is 2.96. The Morgan fingerprint density at radius 1 is 1.30 bits per heavy atom. The Bertz CT molecular complexity index is 947. The van der Waals surface area contributed by atoms with Crippen molar-refractivity contribution in [3.05, 3.63) is 63.8 Å². The number of nitrogens with one attached hydrogen (secondary N) is 2. The lowest BCUT2D eigenvalue weighted by molar-refractivity contribution is 0.102. The molecule has 1 amide bonds. The van der Waals surface area contributed by atoms with Crippen molar-refractivity contribution in [1.29, 1.82) is 0 Å². The molecule has 0 saturated carbocycles. The van der Waals surface area contributed by atoms with Crippen LogP contribution in [-0.4, -0.2) is 20.9 Å². The minimum absolute atomic E-state index is 0.157. The van der Waals surface area contributed by atoms with E-state index in [0.717, 1.165) is 16.3 Å². The number of nitrogens with zero attached hydrogens (tertiary/aromatic N) is 2. The predicted octanol–water partition coefficient (Wildman–Crippen LogP) is 2.44. The summed E-state index contributed by atoms with van der Waals surface area (Å²) in [6.07, 6.45) is 3.98. The van der Waals surface area contributed by atoms with Gasteiger partial charge in [0.1, 0.15) is 0 Å². The predicted molar refractivity (Wildman–Crippen MR) is 88.7 cm³/mol. The molecule has 0 bridgehead atoms. The maximum Gasteiger partial charge on any atom is 0.258 e. The summed E-state index contributed by atoms with van der Waals surface area (Å²) in [5, 5.41) is 4.37. The van der Waals surface area contributed by atoms with Crippen LogP contribution in [0, 0.1) is 6.92 Å². The second-order valence-electron chi connectivity index (χ2n) is 5.25. The lowest BCUT2D eigenvalue weighted by Gasteiger charge is -2.10. The molecule has 0 aliphatic carbocycles. The van der Waals surface area contributed by atoms with Crippen LogP contribution in [0.2, 0.25) is 0 Å². The maximum absolute atomic E-state index is 12.7. The highest BCUT2D eigenvalue weighted by atomic mass is 16.2. The van der Waals surface area contributed by atoms with Gasteiger partial charge in [0.15, 0.2) is 0 Å². The molecule has 2 heterocycles. The smallest absolute Gasteiger partial charge is 0.258 e. The van der Waals surface area contributed by atoms with E-state index in [0.29, 0.717) is 17.7 Å². The van der Waals surface area contributed by atoms with E-state index >= 15 is 0 Å². The maximum atomic E-state index is 12.7. The molecule has 6 heteroatoms. The summed E-state index contributed by atoms with van der Waals surface area (Å²) < 4.78 is 0. The first-order chi connectivity index (χ1) is 11.1. The molecule has 0 saturated heterocycles. The molecule has 0 atom stereocenters. The number of carbonyl (C=O) groups excluding carboxylic acids is 1. The number of hydrogen-bond acceptors (Lipinski definition) is 4. The van der Waals surface area contributed by atoms with Gasteiger partial charge in [-0.2, -0.15) is 0 Å². The average Bonchev–Trinajstić information content (AvgIpc) is 2.53. The van der Waals surface area contributed by atoms with Gasteiger partial charge in [0, 0.05) is 29.5 Å². The largest absolute Gasteiger partial charge is 0.292 e. The first kappa shape index (κ1) is 14.9. The topological polar surface area (TPSA) is 87.7 Å². The molecule has 116 valence electrons. The molecule has 0 fully saturated rings. The van der Waals surface area contributed by atoms with Crippen molar-refractivity contribution in [2.75, 3.05) is 5.32 Å². The van der Waals surface area contributed by atoms with E-state index in [4.69, 9.17) is 0 Å². The number of pyridine rings is 1. The zero-order valence-electron chi connectivity index (χ0n) is 12.9. The van der Waals surface area contributed by atoms with Crippen molar-refractivity contribution in [2.24, 2.45) is 0 Å². The normalized spacial score (nSPS) is 10.7. The van der Waals surface area contributed by atoms with E-state index in [1.54, 1.807) is 18.5 Å². The number of carbonyl (C=O) groups is 1. The van der Waals surface area contributed by atoms with E-state index in [2.05, 4.69) is 20.3 Å². The summed E-state index contributed by atoms with van der Waals surface area (Å²) in [5.74, 6) is -0.152. The van der Waals surface area contributed by atoms with Gasteiger partial charge in [-0.25, -0.2) is 4.98 Å². The highest BCUT2D eigenvalue weighted by Crippen LogP contribution is 2.22. The highest BCUT2D eigenvalue weighted by molar-refractivity contribution is 6.13. The lowest BCUT2D eigenvalue weighted by atomic mass is 10.0. The first-order valence-corrected chi connectivity index (χ1v) is 7.33. The Kier molecular flexibility index (Phi) is 3.89. The number of H-pyrrole nitrogens is 1. The van der Waals surface area contributed by atoms with Crippen molar-refractivity contribution in [2.45, 2.75) is 20.3 Å². The molecule has 6 nitrogen and oxygen atoms in total. The van der Waals surface area contributed by atoms with Crippen molar-refractivity contribution < 1.29 is 4.79 Å². The van der Waals surface area contributed by atoms with Crippen molar-refractivity contribution >= 4 is 22.6 Å². The molecule has 3 aromatic rings. The number of aromatic nitrogens is 3. The summed E-state index contributed by atoms with van der Waals surface area (Å²) in [5.41, 5.74) is 1.73. The number of anilines is 1. The minimum Gasteiger partial charge on any atom is -0.292 e. The Morgan fingerprint density at radius 2 is 2.13 bits per heavy atom. The summed E-state index contributed by atoms with van der Waals surface area (Å²) in [6, 6.07) is 7.02. The van der Waals surface area contributed by atoms with Gasteiger partial charge in [-0.1, -0.05) is 19.1 Å². The van der Waals surface area contributed by atoms with Gasteiger partial charge in [0.05, 0.1) is 5.56 Å². The number of amides is 1. The van der Waals surface area contributed by atoms with Crippen LogP contribution in [-0.2, 0) is 6.42 Å². The van der Waals surface area contributed by atoms with Crippen LogP contribution in [0.3, 0.4) is 0 Å². The third-order valence-electron chi connectivity index (χ3n) is 3.64. The van der Waals surface area contributed by atoms with Gasteiger partial charge in [0.2, 0.25) is 5.95 Å². The molecule has 2 aromatic heterocycles. The van der Waals surface area contributed by atoms with E-state index in [9.17, 15) is 9.59 Å². The lowest BCUT2D eigenvalue weighted by Crippen LogP contribution is -2.20. The average molecular weight is 308 g/mol. The van der Waals surface area contributed by atoms with E-state index in [1.165, 1.54) is 6.07 Å². The van der Waals surface area contributed by atoms with Gasteiger partial charge in [-0.05, 0) is 30.4 Å². The number of hydrogen-bond donors (Lipinski definition) is 2. The minimum atomic E-state index is -0.310. The van der Waals surface area contributed by atoms with Gasteiger partial charge in [0.25, 0.3) is 11.5 Å². The Balaban J connectivity index is 2.03. The summed E-state index contributed by atoms with van der Waals surface area (Å²) >= 11 is 0. The fourth-order valence-corrected chi connectivity index (χ4v) is 2.50. The van der Waals surface area contributed by atoms with Gasteiger partial charge in [-0.3, -0.25) is 24.9 Å². The monoisotopic (exact) mass is 308 g/mol. The molecular weight excluding hydrogens is 292 g/mol. The number of aryl methyl sites for hydroxylation is 2. The SMILES string of the molecule is CCc1cc(=O)[nH]c(NC(=O)c2c(C)ccc3cnccc23)n1. The second kappa shape index (κ2) is 6.00. The van der Waals surface area contributed by atoms with E-state index in [-0.39, 0.29) is 17.4 Å². The number of rotatable bonds is 3. The second-order valence-corrected chi connectivity index (χ2v) is 5.25. The molecular formula is C17H16N4O2. The fraction of sp³-hybridized carbons (Fsp3) is 0.176. The fourth-order valence-electron chi connectivity index (χ4n) is 2.50. The molecule has 0 unspecified atom stereocenters. The molecule has 1 aromatic carbocycles. The Labute approximate surface area is 132 Å². The zero-order chi connectivity index (χ0) is 16.4. The van der Waals surface area contributed by atoms with Crippen molar-refractivity contribution in [1.82, 2.24) is 15.0 Å². The molecule has 0 aliphatic heterocycles. The third-order valence-corrected chi connectivity index (χ3v) is 3.64. The van der Waals surface area contributed by atoms with Crippen LogP contribution in [0.15, 0.2) is 41.5 Å². The Hall–Kier alpha value is -3.02. The Morgan fingerprint density at radius 3 is 2.91 bits per heavy atom. The summed E-state index contributed by atoms with van der Waals surface area (Å²) in [6.45, 7) is 3.77. The highest BCUT2D eigenvalue weighted by Gasteiger charge is 2.14. The van der Waals surface area contributed by atoms with Crippen molar-refractivity contribution in [3.8, 4) is 0 Å². The summed E-state index contributed by atoms with van der Waals surface area (Å²) in [4.78, 5) is 35.1. The molecule has 0 radical (unpaired) electrons. The molecule has 3 rings (SSSR count). The van der Waals surface area contributed by atoms with E-state index < -0.39 is 0 Å². The summed E-state index contributed by atoms with van der Waals surface area (Å²) in [7, 11) is 0. The molecule has 2 N–H and O–H groups in total. The molecule has 0 aliphatic rings. The van der Waals surface area contributed by atoms with Crippen LogP contribution in [0.4, 0.5) is 5.95 Å². The zero-order valence-corrected chi connectivity index (χ0v) is 12.9. The van der Waals surface area contributed by atoms with Gasteiger partial charge < -0.3 is 0 Å². The number of benzene rings is 1. The quantitative estimate of drug-likeness (QED) is 0.778. The molecule has 23 heavy (non-hydrogen) atoms. The molecule has 0 spiro atoms. The number of fused-ring (bicyclic) bond motifs is 1. The van der Waals surface area contributed by atoms with Crippen LogP contribution >= 0.6 is 0 Å². The van der Waals surface area contributed by atoms with Crippen LogP contribution in [0.25, 0.3) is 10.8 Å².